The van der Waals surface area contributed by atoms with E-state index in [4.69, 9.17) is 0 Å². The van der Waals surface area contributed by atoms with Crippen LogP contribution in [0.1, 0.15) is 29.5 Å². The van der Waals surface area contributed by atoms with Crippen molar-refractivity contribution in [1.29, 1.82) is 5.26 Å². The van der Waals surface area contributed by atoms with Crippen LogP contribution in [0.3, 0.4) is 0 Å². The predicted octanol–water partition coefficient (Wildman–Crippen LogP) is 4.19. The second kappa shape index (κ2) is 9.57. The van der Waals surface area contributed by atoms with E-state index < -0.39 is 0 Å². The number of rotatable bonds is 7. The van der Waals surface area contributed by atoms with Crippen LogP contribution in [0.5, 0.6) is 0 Å². The SMILES string of the molecule is Cc1c(Nc2c(C#N)cncc2/C=C/CCCN2CCNCC2)ccc2[nH]ccc12. The summed E-state index contributed by atoms with van der Waals surface area (Å²) >= 11 is 0. The van der Waals surface area contributed by atoms with Crippen molar-refractivity contribution in [3.63, 3.8) is 0 Å². The summed E-state index contributed by atoms with van der Waals surface area (Å²) in [5, 5.41) is 17.7. The van der Waals surface area contributed by atoms with Crippen molar-refractivity contribution < 1.29 is 0 Å². The summed E-state index contributed by atoms with van der Waals surface area (Å²) in [5.41, 5.74) is 5.55. The number of anilines is 2. The smallest absolute Gasteiger partial charge is 0.103 e. The van der Waals surface area contributed by atoms with Gasteiger partial charge in [0.25, 0.3) is 0 Å². The number of piperazine rings is 1. The number of unbranched alkanes of at least 4 members (excludes halogenated alkanes) is 1. The van der Waals surface area contributed by atoms with Crippen molar-refractivity contribution in [2.45, 2.75) is 19.8 Å². The molecule has 0 radical (unpaired) electrons. The fraction of sp³-hybridized carbons (Fsp3) is 0.333. The Morgan fingerprint density at radius 2 is 2.10 bits per heavy atom. The molecule has 6 heteroatoms. The normalized spacial score (nSPS) is 14.9. The average molecular weight is 401 g/mol. The fourth-order valence-electron chi connectivity index (χ4n) is 3.96. The Hall–Kier alpha value is -3.14. The average Bonchev–Trinajstić information content (AvgIpc) is 3.26. The van der Waals surface area contributed by atoms with E-state index in [2.05, 4.69) is 68.8 Å². The van der Waals surface area contributed by atoms with Crippen LogP contribution in [0, 0.1) is 18.3 Å². The molecule has 3 heterocycles. The van der Waals surface area contributed by atoms with Gasteiger partial charge in [0.2, 0.25) is 0 Å². The van der Waals surface area contributed by atoms with Crippen molar-refractivity contribution in [1.82, 2.24) is 20.2 Å². The van der Waals surface area contributed by atoms with E-state index in [0.717, 1.165) is 73.6 Å². The van der Waals surface area contributed by atoms with Crippen molar-refractivity contribution >= 4 is 28.4 Å². The minimum Gasteiger partial charge on any atom is -0.361 e. The maximum absolute atomic E-state index is 9.61. The first-order valence-electron chi connectivity index (χ1n) is 10.6. The molecule has 0 unspecified atom stereocenters. The number of benzene rings is 1. The highest BCUT2D eigenvalue weighted by Gasteiger charge is 2.11. The van der Waals surface area contributed by atoms with Gasteiger partial charge in [-0.25, -0.2) is 0 Å². The van der Waals surface area contributed by atoms with E-state index in [-0.39, 0.29) is 0 Å². The van der Waals surface area contributed by atoms with Crippen LogP contribution in [0.15, 0.2) is 42.9 Å². The molecular formula is C24H28N6. The van der Waals surface area contributed by atoms with Gasteiger partial charge in [-0.3, -0.25) is 4.98 Å². The van der Waals surface area contributed by atoms with Crippen LogP contribution in [-0.4, -0.2) is 47.6 Å². The minimum absolute atomic E-state index is 0.548. The number of hydrogen-bond acceptors (Lipinski definition) is 5. The minimum atomic E-state index is 0.548. The van der Waals surface area contributed by atoms with Gasteiger partial charge < -0.3 is 20.5 Å². The first kappa shape index (κ1) is 20.1. The predicted molar refractivity (Wildman–Crippen MR) is 123 cm³/mol. The van der Waals surface area contributed by atoms with Gasteiger partial charge in [0.1, 0.15) is 6.07 Å². The standard InChI is InChI=1S/C24H28N6/c1-18-21-8-9-28-23(21)7-6-22(18)29-24-19(16-27-17-20(24)15-25)5-3-2-4-12-30-13-10-26-11-14-30/h3,5-9,16-17,26,28H,2,4,10-14H2,1H3,(H,27,29)/b5-3+. The summed E-state index contributed by atoms with van der Waals surface area (Å²) < 4.78 is 0. The van der Waals surface area contributed by atoms with E-state index >= 15 is 0 Å². The fourth-order valence-corrected chi connectivity index (χ4v) is 3.96. The quantitative estimate of drug-likeness (QED) is 0.518. The maximum atomic E-state index is 9.61. The number of allylic oxidation sites excluding steroid dienone is 1. The number of fused-ring (bicyclic) bond motifs is 1. The van der Waals surface area contributed by atoms with E-state index in [0.29, 0.717) is 5.56 Å². The Labute approximate surface area is 177 Å². The van der Waals surface area contributed by atoms with Crippen LogP contribution < -0.4 is 10.6 Å². The third-order valence-corrected chi connectivity index (χ3v) is 5.71. The molecule has 2 aromatic heterocycles. The second-order valence-corrected chi connectivity index (χ2v) is 7.70. The lowest BCUT2D eigenvalue weighted by Gasteiger charge is -2.26. The van der Waals surface area contributed by atoms with Gasteiger partial charge >= 0.3 is 0 Å². The lowest BCUT2D eigenvalue weighted by Crippen LogP contribution is -2.43. The first-order chi connectivity index (χ1) is 14.8. The third-order valence-electron chi connectivity index (χ3n) is 5.71. The number of aryl methyl sites for hydroxylation is 1. The number of pyridine rings is 1. The van der Waals surface area contributed by atoms with Crippen LogP contribution in [-0.2, 0) is 0 Å². The lowest BCUT2D eigenvalue weighted by molar-refractivity contribution is 0.239. The molecular weight excluding hydrogens is 372 g/mol. The second-order valence-electron chi connectivity index (χ2n) is 7.70. The van der Waals surface area contributed by atoms with E-state index in [1.54, 1.807) is 6.20 Å². The third kappa shape index (κ3) is 4.54. The van der Waals surface area contributed by atoms with Crippen LogP contribution in [0.25, 0.3) is 17.0 Å². The number of aromatic amines is 1. The topological polar surface area (TPSA) is 79.8 Å². The molecule has 1 aliphatic heterocycles. The van der Waals surface area contributed by atoms with Gasteiger partial charge in [-0.15, -0.1) is 0 Å². The molecule has 0 bridgehead atoms. The van der Waals surface area contributed by atoms with E-state index in [1.807, 2.05) is 12.4 Å². The van der Waals surface area contributed by atoms with Crippen molar-refractivity contribution in [3.8, 4) is 6.07 Å². The van der Waals surface area contributed by atoms with Gasteiger partial charge in [0, 0.05) is 66.9 Å². The van der Waals surface area contributed by atoms with Crippen LogP contribution in [0.4, 0.5) is 11.4 Å². The van der Waals surface area contributed by atoms with E-state index in [1.165, 1.54) is 5.39 Å². The first-order valence-corrected chi connectivity index (χ1v) is 10.6. The molecule has 0 spiro atoms. The largest absolute Gasteiger partial charge is 0.361 e. The summed E-state index contributed by atoms with van der Waals surface area (Å²) in [6.45, 7) is 7.67. The zero-order valence-electron chi connectivity index (χ0n) is 17.4. The monoisotopic (exact) mass is 400 g/mol. The van der Waals surface area contributed by atoms with Crippen molar-refractivity contribution in [3.05, 3.63) is 59.6 Å². The van der Waals surface area contributed by atoms with Gasteiger partial charge in [-0.1, -0.05) is 12.2 Å². The summed E-state index contributed by atoms with van der Waals surface area (Å²) in [6.07, 6.45) is 11.8. The molecule has 3 aromatic rings. The zero-order valence-corrected chi connectivity index (χ0v) is 17.4. The molecule has 0 atom stereocenters. The van der Waals surface area contributed by atoms with Gasteiger partial charge in [-0.2, -0.15) is 5.26 Å². The number of H-pyrrole nitrogens is 1. The molecule has 30 heavy (non-hydrogen) atoms. The molecule has 4 rings (SSSR count). The molecule has 0 saturated carbocycles. The number of nitrogens with one attached hydrogen (secondary N) is 3. The molecule has 154 valence electrons. The molecule has 0 amide bonds. The molecule has 1 aromatic carbocycles. The highest BCUT2D eigenvalue weighted by Crippen LogP contribution is 2.30. The van der Waals surface area contributed by atoms with E-state index in [9.17, 15) is 5.26 Å². The Kier molecular flexibility index (Phi) is 6.43. The van der Waals surface area contributed by atoms with Crippen LogP contribution >= 0.6 is 0 Å². The molecule has 1 aliphatic rings. The molecule has 1 saturated heterocycles. The maximum Gasteiger partial charge on any atom is 0.103 e. The molecule has 6 nitrogen and oxygen atoms in total. The number of hydrogen-bond donors (Lipinski definition) is 3. The molecule has 0 aliphatic carbocycles. The van der Waals surface area contributed by atoms with Crippen molar-refractivity contribution in [2.75, 3.05) is 38.0 Å². The van der Waals surface area contributed by atoms with Crippen molar-refractivity contribution in [2.24, 2.45) is 0 Å². The Morgan fingerprint density at radius 3 is 2.93 bits per heavy atom. The Bertz CT molecular complexity index is 1070. The molecule has 3 N–H and O–H groups in total. The summed E-state index contributed by atoms with van der Waals surface area (Å²) in [7, 11) is 0. The van der Waals surface area contributed by atoms with Gasteiger partial charge in [-0.05, 0) is 50.1 Å². The zero-order chi connectivity index (χ0) is 20.8. The summed E-state index contributed by atoms with van der Waals surface area (Å²) in [5.74, 6) is 0. The summed E-state index contributed by atoms with van der Waals surface area (Å²) in [4.78, 5) is 10.0. The Morgan fingerprint density at radius 1 is 1.23 bits per heavy atom. The van der Waals surface area contributed by atoms with Gasteiger partial charge in [0.05, 0.1) is 11.3 Å². The molecule has 1 fully saturated rings. The van der Waals surface area contributed by atoms with Gasteiger partial charge in [0.15, 0.2) is 0 Å². The number of aromatic nitrogens is 2. The van der Waals surface area contributed by atoms with Crippen LogP contribution in [0.2, 0.25) is 0 Å². The number of nitrogens with zero attached hydrogens (tertiary/aromatic N) is 3. The Balaban J connectivity index is 1.48. The highest BCUT2D eigenvalue weighted by atomic mass is 15.2. The summed E-state index contributed by atoms with van der Waals surface area (Å²) in [6, 6.07) is 8.46. The lowest BCUT2D eigenvalue weighted by atomic mass is 10.1. The highest BCUT2D eigenvalue weighted by molar-refractivity contribution is 5.89. The number of nitriles is 1.